The number of ether oxygens (including phenoxy) is 3. The number of amides is 1. The molecule has 0 spiro atoms. The second kappa shape index (κ2) is 8.55. The molecular formula is C18H16ClF3N2O4. The number of carbonyl (C=O) groups excluding carboxylic acids is 1. The van der Waals surface area contributed by atoms with E-state index in [4.69, 9.17) is 25.8 Å². The fourth-order valence-corrected chi connectivity index (χ4v) is 2.74. The van der Waals surface area contributed by atoms with Crippen LogP contribution in [0.3, 0.4) is 0 Å². The Balaban J connectivity index is 1.70. The smallest absolute Gasteiger partial charge is 0.422 e. The Labute approximate surface area is 163 Å². The Bertz CT molecular complexity index is 861. The Morgan fingerprint density at radius 3 is 2.86 bits per heavy atom. The van der Waals surface area contributed by atoms with Crippen molar-refractivity contribution in [2.24, 2.45) is 0 Å². The van der Waals surface area contributed by atoms with Crippen molar-refractivity contribution in [3.8, 4) is 17.4 Å². The van der Waals surface area contributed by atoms with Gasteiger partial charge in [-0.05, 0) is 18.2 Å². The fourth-order valence-electron chi connectivity index (χ4n) is 2.48. The van der Waals surface area contributed by atoms with Crippen molar-refractivity contribution in [2.45, 2.75) is 19.1 Å². The summed E-state index contributed by atoms with van der Waals surface area (Å²) in [6.07, 6.45) is -2.49. The molecule has 2 heterocycles. The van der Waals surface area contributed by atoms with Crippen LogP contribution < -0.4 is 19.5 Å². The average Bonchev–Trinajstić information content (AvgIpc) is 2.90. The van der Waals surface area contributed by atoms with Crippen LogP contribution in [0.25, 0.3) is 0 Å². The molecule has 1 amide bonds. The number of rotatable bonds is 5. The standard InChI is InChI=1S/C18H16ClF3N2O4/c19-13-7-12(8-14-15(13)27-6-2-5-26-14)16(25)24-9-11-3-1-4-23-17(11)28-10-18(20,21)22/h1,3-4,7-8H,2,5-6,9-10H2,(H,24,25). The molecule has 1 N–H and O–H groups in total. The highest BCUT2D eigenvalue weighted by Crippen LogP contribution is 2.38. The molecule has 28 heavy (non-hydrogen) atoms. The van der Waals surface area contributed by atoms with Gasteiger partial charge in [0.25, 0.3) is 5.91 Å². The van der Waals surface area contributed by atoms with Crippen LogP contribution in [0.2, 0.25) is 5.02 Å². The van der Waals surface area contributed by atoms with E-state index in [-0.39, 0.29) is 23.0 Å². The molecule has 1 aromatic heterocycles. The zero-order chi connectivity index (χ0) is 20.1. The summed E-state index contributed by atoms with van der Waals surface area (Å²) >= 11 is 6.17. The minimum Gasteiger partial charge on any atom is -0.489 e. The Kier molecular flexibility index (Phi) is 6.13. The third-order valence-corrected chi connectivity index (χ3v) is 4.01. The van der Waals surface area contributed by atoms with Gasteiger partial charge in [-0.2, -0.15) is 13.2 Å². The summed E-state index contributed by atoms with van der Waals surface area (Å²) in [6, 6.07) is 5.99. The summed E-state index contributed by atoms with van der Waals surface area (Å²) in [5, 5.41) is 2.84. The van der Waals surface area contributed by atoms with Gasteiger partial charge >= 0.3 is 6.18 Å². The number of fused-ring (bicyclic) bond motifs is 1. The molecule has 1 aliphatic rings. The van der Waals surface area contributed by atoms with Gasteiger partial charge in [0.1, 0.15) is 0 Å². The van der Waals surface area contributed by atoms with E-state index in [9.17, 15) is 18.0 Å². The normalized spacial score (nSPS) is 13.6. The lowest BCUT2D eigenvalue weighted by atomic mass is 10.1. The van der Waals surface area contributed by atoms with Crippen LogP contribution >= 0.6 is 11.6 Å². The van der Waals surface area contributed by atoms with Crippen molar-refractivity contribution in [3.05, 3.63) is 46.6 Å². The van der Waals surface area contributed by atoms with E-state index in [0.717, 1.165) is 0 Å². The number of nitrogens with zero attached hydrogens (tertiary/aromatic N) is 1. The third kappa shape index (κ3) is 5.19. The van der Waals surface area contributed by atoms with Gasteiger partial charge in [-0.15, -0.1) is 0 Å². The molecule has 1 aromatic carbocycles. The van der Waals surface area contributed by atoms with E-state index < -0.39 is 18.7 Å². The summed E-state index contributed by atoms with van der Waals surface area (Å²) in [6.45, 7) is -0.654. The van der Waals surface area contributed by atoms with E-state index >= 15 is 0 Å². The largest absolute Gasteiger partial charge is 0.489 e. The molecule has 0 saturated carbocycles. The van der Waals surface area contributed by atoms with E-state index in [1.54, 1.807) is 0 Å². The SMILES string of the molecule is O=C(NCc1cccnc1OCC(F)(F)F)c1cc(Cl)c2c(c1)OCCCO2. The zero-order valence-electron chi connectivity index (χ0n) is 14.5. The predicted octanol–water partition coefficient (Wildman–Crippen LogP) is 3.77. The number of hydrogen-bond acceptors (Lipinski definition) is 5. The minimum atomic E-state index is -4.49. The monoisotopic (exact) mass is 416 g/mol. The lowest BCUT2D eigenvalue weighted by Crippen LogP contribution is -2.24. The number of hydrogen-bond donors (Lipinski definition) is 1. The quantitative estimate of drug-likeness (QED) is 0.803. The highest BCUT2D eigenvalue weighted by Gasteiger charge is 2.29. The lowest BCUT2D eigenvalue weighted by molar-refractivity contribution is -0.154. The summed E-state index contributed by atoms with van der Waals surface area (Å²) in [5.74, 6) is 0.0662. The molecule has 1 aliphatic heterocycles. The third-order valence-electron chi connectivity index (χ3n) is 3.73. The number of halogens is 4. The molecule has 0 aliphatic carbocycles. The van der Waals surface area contributed by atoms with E-state index in [2.05, 4.69) is 10.3 Å². The van der Waals surface area contributed by atoms with Gasteiger partial charge in [-0.1, -0.05) is 17.7 Å². The van der Waals surface area contributed by atoms with Crippen LogP contribution in [0.4, 0.5) is 13.2 Å². The molecule has 0 saturated heterocycles. The molecule has 0 fully saturated rings. The van der Waals surface area contributed by atoms with Crippen LogP contribution in [0.1, 0.15) is 22.3 Å². The van der Waals surface area contributed by atoms with Gasteiger partial charge in [-0.25, -0.2) is 4.98 Å². The summed E-state index contributed by atoms with van der Waals surface area (Å²) in [5.41, 5.74) is 0.538. The maximum atomic E-state index is 12.5. The van der Waals surface area contributed by atoms with Crippen molar-refractivity contribution in [1.29, 1.82) is 0 Å². The van der Waals surface area contributed by atoms with Gasteiger partial charge < -0.3 is 19.5 Å². The summed E-state index contributed by atoms with van der Waals surface area (Å²) in [7, 11) is 0. The maximum Gasteiger partial charge on any atom is 0.422 e. The van der Waals surface area contributed by atoms with Crippen LogP contribution in [-0.4, -0.2) is 36.9 Å². The lowest BCUT2D eigenvalue weighted by Gasteiger charge is -2.13. The summed E-state index contributed by atoms with van der Waals surface area (Å²) < 4.78 is 52.8. The van der Waals surface area contributed by atoms with E-state index in [1.807, 2.05) is 0 Å². The van der Waals surface area contributed by atoms with Crippen LogP contribution in [-0.2, 0) is 6.54 Å². The molecule has 3 rings (SSSR count). The van der Waals surface area contributed by atoms with Crippen molar-refractivity contribution < 1.29 is 32.2 Å². The first-order valence-corrected chi connectivity index (χ1v) is 8.72. The molecule has 0 atom stereocenters. The van der Waals surface area contributed by atoms with E-state index in [0.29, 0.717) is 36.7 Å². The Morgan fingerprint density at radius 2 is 2.07 bits per heavy atom. The first-order valence-electron chi connectivity index (χ1n) is 8.34. The molecule has 6 nitrogen and oxygen atoms in total. The molecule has 0 radical (unpaired) electrons. The van der Waals surface area contributed by atoms with Gasteiger partial charge in [0.2, 0.25) is 5.88 Å². The molecule has 0 unspecified atom stereocenters. The second-order valence-corrected chi connectivity index (χ2v) is 6.30. The van der Waals surface area contributed by atoms with Crippen molar-refractivity contribution in [3.63, 3.8) is 0 Å². The van der Waals surface area contributed by atoms with Crippen molar-refractivity contribution in [1.82, 2.24) is 10.3 Å². The highest BCUT2D eigenvalue weighted by atomic mass is 35.5. The molecule has 150 valence electrons. The number of alkyl halides is 3. The van der Waals surface area contributed by atoms with Gasteiger partial charge in [0, 0.05) is 30.3 Å². The molecular weight excluding hydrogens is 401 g/mol. The Hall–Kier alpha value is -2.68. The van der Waals surface area contributed by atoms with Crippen molar-refractivity contribution >= 4 is 17.5 Å². The van der Waals surface area contributed by atoms with Crippen LogP contribution in [0.5, 0.6) is 17.4 Å². The molecule has 0 bridgehead atoms. The Morgan fingerprint density at radius 1 is 1.29 bits per heavy atom. The van der Waals surface area contributed by atoms with E-state index in [1.165, 1.54) is 30.5 Å². The first-order chi connectivity index (χ1) is 13.3. The number of benzene rings is 1. The first kappa shape index (κ1) is 20.1. The zero-order valence-corrected chi connectivity index (χ0v) is 15.3. The number of aromatic nitrogens is 1. The van der Waals surface area contributed by atoms with Gasteiger partial charge in [-0.3, -0.25) is 4.79 Å². The average molecular weight is 417 g/mol. The summed E-state index contributed by atoms with van der Waals surface area (Å²) in [4.78, 5) is 16.2. The van der Waals surface area contributed by atoms with Crippen LogP contribution in [0, 0.1) is 0 Å². The van der Waals surface area contributed by atoms with Gasteiger partial charge in [0.05, 0.1) is 18.2 Å². The number of nitrogens with one attached hydrogen (secondary N) is 1. The van der Waals surface area contributed by atoms with Crippen LogP contribution in [0.15, 0.2) is 30.5 Å². The fraction of sp³-hybridized carbons (Fsp3) is 0.333. The minimum absolute atomic E-state index is 0.0775. The highest BCUT2D eigenvalue weighted by molar-refractivity contribution is 6.32. The maximum absolute atomic E-state index is 12.5. The second-order valence-electron chi connectivity index (χ2n) is 5.89. The van der Waals surface area contributed by atoms with Crippen molar-refractivity contribution in [2.75, 3.05) is 19.8 Å². The molecule has 10 heteroatoms. The molecule has 2 aromatic rings. The predicted molar refractivity (Wildman–Crippen MR) is 94.0 cm³/mol. The number of carbonyl (C=O) groups is 1. The van der Waals surface area contributed by atoms with Gasteiger partial charge in [0.15, 0.2) is 18.1 Å². The topological polar surface area (TPSA) is 69.7 Å². The number of pyridine rings is 1.